The van der Waals surface area contributed by atoms with Gasteiger partial charge in [0.1, 0.15) is 0 Å². The van der Waals surface area contributed by atoms with Gasteiger partial charge in [-0.2, -0.15) is 26.3 Å². The molecule has 3 aromatic carbocycles. The number of hydrogen-bond acceptors (Lipinski definition) is 3. The van der Waals surface area contributed by atoms with E-state index in [1.54, 1.807) is 30.3 Å². The first kappa shape index (κ1) is 26.0. The summed E-state index contributed by atoms with van der Waals surface area (Å²) in [7, 11) is 1.16. The van der Waals surface area contributed by atoms with Crippen LogP contribution >= 0.6 is 11.6 Å². The summed E-state index contributed by atoms with van der Waals surface area (Å²) in [5, 5.41) is 12.0. The number of benzene rings is 3. The van der Waals surface area contributed by atoms with E-state index < -0.39 is 53.2 Å². The van der Waals surface area contributed by atoms with Crippen LogP contribution in [0, 0.1) is 0 Å². The number of halogens is 7. The van der Waals surface area contributed by atoms with Crippen molar-refractivity contribution in [1.29, 1.82) is 0 Å². The molecule has 4 rings (SSSR count). The van der Waals surface area contributed by atoms with Gasteiger partial charge in [-0.15, -0.1) is 0 Å². The largest absolute Gasteiger partial charge is 0.416 e. The van der Waals surface area contributed by atoms with Crippen LogP contribution in [0.25, 0.3) is 0 Å². The van der Waals surface area contributed by atoms with Crippen LogP contribution in [0.5, 0.6) is 0 Å². The van der Waals surface area contributed by atoms with Crippen LogP contribution in [0.1, 0.15) is 27.8 Å². The van der Waals surface area contributed by atoms with Gasteiger partial charge in [-0.1, -0.05) is 41.9 Å². The zero-order valence-electron chi connectivity index (χ0n) is 18.5. The van der Waals surface area contributed by atoms with Gasteiger partial charge in [-0.25, -0.2) is 0 Å². The Balaban J connectivity index is 1.89. The number of amides is 1. The normalized spacial score (nSPS) is 20.4. The number of alkyl halides is 6. The Bertz CT molecular complexity index is 1260. The van der Waals surface area contributed by atoms with E-state index in [4.69, 9.17) is 16.3 Å². The molecule has 2 atom stereocenters. The van der Waals surface area contributed by atoms with Crippen LogP contribution < -0.4 is 4.90 Å². The van der Waals surface area contributed by atoms with Crippen molar-refractivity contribution in [2.45, 2.75) is 30.6 Å². The average molecular weight is 530 g/mol. The topological polar surface area (TPSA) is 49.8 Å². The molecule has 0 aromatic heterocycles. The third-order valence-electron chi connectivity index (χ3n) is 5.97. The fraction of sp³-hybridized carbons (Fsp3) is 0.240. The number of fused-ring (bicyclic) bond motifs is 1. The summed E-state index contributed by atoms with van der Waals surface area (Å²) in [6.07, 6.45) is -11.7. The van der Waals surface area contributed by atoms with Gasteiger partial charge in [0.25, 0.3) is 5.91 Å². The van der Waals surface area contributed by atoms with E-state index in [0.717, 1.165) is 12.0 Å². The van der Waals surface area contributed by atoms with E-state index in [9.17, 15) is 36.2 Å². The average Bonchev–Trinajstić information content (AvgIpc) is 2.81. The van der Waals surface area contributed by atoms with Crippen molar-refractivity contribution in [2.75, 3.05) is 12.0 Å². The lowest BCUT2D eigenvalue weighted by molar-refractivity contribution is -0.145. The van der Waals surface area contributed by atoms with E-state index in [2.05, 4.69) is 0 Å². The first-order valence-corrected chi connectivity index (χ1v) is 10.8. The Labute approximate surface area is 206 Å². The molecular weight excluding hydrogens is 512 g/mol. The number of carbonyl (C=O) groups excluding carboxylic acids is 1. The minimum absolute atomic E-state index is 0.0152. The number of hydrogen-bond donors (Lipinski definition) is 1. The minimum atomic E-state index is -5.05. The second-order valence-corrected chi connectivity index (χ2v) is 8.68. The summed E-state index contributed by atoms with van der Waals surface area (Å²) in [6, 6.07) is 13.3. The molecule has 4 nitrogen and oxygen atoms in total. The molecular formula is C25H18ClF6NO3. The number of carbonyl (C=O) groups is 1. The smallest absolute Gasteiger partial charge is 0.377 e. The van der Waals surface area contributed by atoms with E-state index in [1.165, 1.54) is 18.2 Å². The molecule has 36 heavy (non-hydrogen) atoms. The summed E-state index contributed by atoms with van der Waals surface area (Å²) in [5.74, 6) is -0.857. The zero-order chi connectivity index (χ0) is 26.5. The van der Waals surface area contributed by atoms with E-state index >= 15 is 0 Å². The van der Waals surface area contributed by atoms with Gasteiger partial charge in [0.05, 0.1) is 23.4 Å². The molecule has 2 unspecified atom stereocenters. The quantitative estimate of drug-likeness (QED) is 0.411. The standard InChI is InChI=1S/C25H18ClF6NO3/c1-36-21-22(34)33(13-14-9-16(24(27,28)29)11-17(10-14)25(30,31)32)20-8-7-18(26)12-19(20)23(21,35)15-5-3-2-4-6-15/h2-12,21,35H,13H2,1H3. The molecule has 1 N–H and O–H groups in total. The van der Waals surface area contributed by atoms with Crippen LogP contribution in [-0.2, 0) is 34.0 Å². The van der Waals surface area contributed by atoms with Crippen LogP contribution in [0.4, 0.5) is 32.0 Å². The van der Waals surface area contributed by atoms with Gasteiger partial charge >= 0.3 is 12.4 Å². The molecule has 1 aliphatic rings. The zero-order valence-corrected chi connectivity index (χ0v) is 19.2. The number of aliphatic hydroxyl groups is 1. The number of rotatable bonds is 4. The van der Waals surface area contributed by atoms with Crippen molar-refractivity contribution in [2.24, 2.45) is 0 Å². The van der Waals surface area contributed by atoms with Gasteiger partial charge < -0.3 is 14.7 Å². The Kier molecular flexibility index (Phi) is 6.57. The molecule has 0 fully saturated rings. The Morgan fingerprint density at radius 2 is 1.53 bits per heavy atom. The lowest BCUT2D eigenvalue weighted by Gasteiger charge is -2.44. The SMILES string of the molecule is COC1C(=O)N(Cc2cc(C(F)(F)F)cc(C(F)(F)F)c2)c2ccc(Cl)cc2C1(O)c1ccccc1. The fourth-order valence-electron chi connectivity index (χ4n) is 4.36. The van der Waals surface area contributed by atoms with Crippen LogP contribution in [0.2, 0.25) is 5.02 Å². The van der Waals surface area contributed by atoms with E-state index in [0.29, 0.717) is 12.1 Å². The first-order valence-electron chi connectivity index (χ1n) is 10.5. The van der Waals surface area contributed by atoms with Crippen molar-refractivity contribution < 1.29 is 41.0 Å². The number of ether oxygens (including phenoxy) is 1. The van der Waals surface area contributed by atoms with Crippen LogP contribution in [0.3, 0.4) is 0 Å². The van der Waals surface area contributed by atoms with Gasteiger partial charge in [0.15, 0.2) is 11.7 Å². The van der Waals surface area contributed by atoms with E-state index in [-0.39, 0.29) is 27.9 Å². The van der Waals surface area contributed by atoms with Crippen molar-refractivity contribution in [1.82, 2.24) is 0 Å². The van der Waals surface area contributed by atoms with Crippen molar-refractivity contribution in [3.63, 3.8) is 0 Å². The molecule has 190 valence electrons. The maximum atomic E-state index is 13.5. The molecule has 1 aliphatic heterocycles. The predicted octanol–water partition coefficient (Wildman–Crippen LogP) is 6.18. The van der Waals surface area contributed by atoms with Crippen molar-refractivity contribution in [3.05, 3.63) is 99.6 Å². The number of anilines is 1. The fourth-order valence-corrected chi connectivity index (χ4v) is 4.53. The summed E-state index contributed by atoms with van der Waals surface area (Å²) >= 11 is 6.16. The third kappa shape index (κ3) is 4.56. The molecule has 1 heterocycles. The second kappa shape index (κ2) is 9.10. The summed E-state index contributed by atoms with van der Waals surface area (Å²) in [6.45, 7) is -0.648. The molecule has 0 radical (unpaired) electrons. The van der Waals surface area contributed by atoms with Gasteiger partial charge in [-0.05, 0) is 47.5 Å². The molecule has 11 heteroatoms. The predicted molar refractivity (Wildman–Crippen MR) is 119 cm³/mol. The monoisotopic (exact) mass is 529 g/mol. The van der Waals surface area contributed by atoms with Crippen molar-refractivity contribution >= 4 is 23.2 Å². The Morgan fingerprint density at radius 3 is 2.06 bits per heavy atom. The number of methoxy groups -OCH3 is 1. The van der Waals surface area contributed by atoms with Gasteiger partial charge in [0.2, 0.25) is 0 Å². The molecule has 3 aromatic rings. The molecule has 0 saturated carbocycles. The first-order chi connectivity index (χ1) is 16.8. The Hall–Kier alpha value is -3.08. The summed E-state index contributed by atoms with van der Waals surface area (Å²) in [4.78, 5) is 14.5. The molecule has 0 saturated heterocycles. The van der Waals surface area contributed by atoms with Gasteiger partial charge in [-0.3, -0.25) is 4.79 Å². The van der Waals surface area contributed by atoms with Crippen molar-refractivity contribution in [3.8, 4) is 0 Å². The maximum Gasteiger partial charge on any atom is 0.416 e. The van der Waals surface area contributed by atoms with Crippen LogP contribution in [0.15, 0.2) is 66.7 Å². The lowest BCUT2D eigenvalue weighted by Crippen LogP contribution is -2.57. The third-order valence-corrected chi connectivity index (χ3v) is 6.20. The highest BCUT2D eigenvalue weighted by Gasteiger charge is 2.52. The van der Waals surface area contributed by atoms with Crippen LogP contribution in [-0.4, -0.2) is 24.2 Å². The molecule has 0 aliphatic carbocycles. The maximum absolute atomic E-state index is 13.5. The summed E-state index contributed by atoms with van der Waals surface area (Å²) in [5.41, 5.74) is -4.99. The highest BCUT2D eigenvalue weighted by atomic mass is 35.5. The molecule has 1 amide bonds. The lowest BCUT2D eigenvalue weighted by atomic mass is 9.77. The highest BCUT2D eigenvalue weighted by Crippen LogP contribution is 2.46. The minimum Gasteiger partial charge on any atom is -0.377 e. The number of nitrogens with zero attached hydrogens (tertiary/aromatic N) is 1. The molecule has 0 spiro atoms. The second-order valence-electron chi connectivity index (χ2n) is 8.25. The van der Waals surface area contributed by atoms with E-state index in [1.807, 2.05) is 0 Å². The Morgan fingerprint density at radius 1 is 0.944 bits per heavy atom. The highest BCUT2D eigenvalue weighted by molar-refractivity contribution is 6.30. The van der Waals surface area contributed by atoms with Gasteiger partial charge in [0, 0.05) is 17.7 Å². The molecule has 0 bridgehead atoms. The summed E-state index contributed by atoms with van der Waals surface area (Å²) < 4.78 is 85.5.